The largest absolute Gasteiger partial charge is 0.350 e. The second kappa shape index (κ2) is 6.67. The summed E-state index contributed by atoms with van der Waals surface area (Å²) < 4.78 is 1.70. The fraction of sp³-hybridized carbons (Fsp3) is 0.333. The molecule has 0 aliphatic heterocycles. The van der Waals surface area contributed by atoms with Crippen molar-refractivity contribution in [2.24, 2.45) is 0 Å². The molecule has 0 radical (unpaired) electrons. The number of carbonyl (C=O) groups is 1. The van der Waals surface area contributed by atoms with Gasteiger partial charge in [0.15, 0.2) is 0 Å². The number of hydrogen-bond acceptors (Lipinski definition) is 6. The summed E-state index contributed by atoms with van der Waals surface area (Å²) in [6.07, 6.45) is 0. The number of thiophene rings is 1. The fourth-order valence-electron chi connectivity index (χ4n) is 2.14. The van der Waals surface area contributed by atoms with E-state index in [2.05, 4.69) is 20.4 Å². The minimum atomic E-state index is -0.270. The van der Waals surface area contributed by atoms with Crippen LogP contribution < -0.4 is 5.32 Å². The molecule has 8 heteroatoms. The van der Waals surface area contributed by atoms with Gasteiger partial charge in [0, 0.05) is 16.3 Å². The Morgan fingerprint density at radius 1 is 1.43 bits per heavy atom. The van der Waals surface area contributed by atoms with E-state index in [1.54, 1.807) is 15.9 Å². The maximum Gasteiger partial charge on any atom is 0.253 e. The molecule has 0 bridgehead atoms. The number of aryl methyl sites for hydroxylation is 2. The molecule has 0 saturated heterocycles. The van der Waals surface area contributed by atoms with E-state index in [1.807, 2.05) is 44.4 Å². The van der Waals surface area contributed by atoms with Gasteiger partial charge in [-0.3, -0.25) is 4.79 Å². The molecular weight excluding hydrogens is 330 g/mol. The van der Waals surface area contributed by atoms with Crippen LogP contribution in [0.2, 0.25) is 0 Å². The third-order valence-electron chi connectivity index (χ3n) is 3.27. The Hall–Kier alpha value is -1.93. The Labute approximate surface area is 142 Å². The molecule has 3 aromatic rings. The Kier molecular flexibility index (Phi) is 4.63. The van der Waals surface area contributed by atoms with Gasteiger partial charge in [-0.15, -0.1) is 16.4 Å². The Morgan fingerprint density at radius 2 is 2.26 bits per heavy atom. The number of nitrogens with one attached hydrogen (secondary N) is 1. The van der Waals surface area contributed by atoms with Crippen molar-refractivity contribution in [3.8, 4) is 0 Å². The molecule has 3 heterocycles. The first-order valence-corrected chi connectivity index (χ1v) is 8.96. The molecule has 6 nitrogen and oxygen atoms in total. The van der Waals surface area contributed by atoms with Gasteiger partial charge in [0.1, 0.15) is 0 Å². The third-order valence-corrected chi connectivity index (χ3v) is 5.09. The molecule has 0 fully saturated rings. The van der Waals surface area contributed by atoms with E-state index in [4.69, 9.17) is 0 Å². The van der Waals surface area contributed by atoms with E-state index in [-0.39, 0.29) is 11.2 Å². The molecule has 3 rings (SSSR count). The minimum absolute atomic E-state index is 0.0249. The van der Waals surface area contributed by atoms with Gasteiger partial charge in [0.25, 0.3) is 5.78 Å². The van der Waals surface area contributed by atoms with Crippen molar-refractivity contribution >= 4 is 34.8 Å². The normalized spacial score (nSPS) is 12.5. The summed E-state index contributed by atoms with van der Waals surface area (Å²) in [6, 6.07) is 5.93. The molecule has 120 valence electrons. The number of nitrogens with zero attached hydrogens (tertiary/aromatic N) is 4. The predicted octanol–water partition coefficient (Wildman–Crippen LogP) is 2.60. The van der Waals surface area contributed by atoms with E-state index in [1.165, 1.54) is 11.8 Å². The highest BCUT2D eigenvalue weighted by atomic mass is 32.2. The maximum absolute atomic E-state index is 12.2. The molecule has 1 N–H and O–H groups in total. The Bertz CT molecular complexity index is 828. The number of hydrogen-bond donors (Lipinski definition) is 1. The zero-order valence-corrected chi connectivity index (χ0v) is 14.7. The maximum atomic E-state index is 12.2. The molecule has 1 atom stereocenters. The van der Waals surface area contributed by atoms with Gasteiger partial charge in [-0.25, -0.2) is 9.50 Å². The van der Waals surface area contributed by atoms with Crippen molar-refractivity contribution in [2.75, 3.05) is 0 Å². The van der Waals surface area contributed by atoms with Crippen molar-refractivity contribution in [3.63, 3.8) is 0 Å². The molecule has 0 aliphatic carbocycles. The summed E-state index contributed by atoms with van der Waals surface area (Å²) in [5.74, 6) is 0.541. The van der Waals surface area contributed by atoms with Crippen LogP contribution in [-0.2, 0) is 11.3 Å². The highest BCUT2D eigenvalue weighted by molar-refractivity contribution is 8.00. The SMILES string of the molecule is Cc1cc(C)n2nc(S[C@@H](C)C(=O)NCc3cccs3)nc2n1. The second-order valence-corrected chi connectivity index (χ2v) is 7.54. The van der Waals surface area contributed by atoms with Crippen LogP contribution in [0.1, 0.15) is 23.2 Å². The third kappa shape index (κ3) is 3.70. The van der Waals surface area contributed by atoms with Gasteiger partial charge in [0.05, 0.1) is 11.8 Å². The number of rotatable bonds is 5. The molecule has 0 aliphatic rings. The van der Waals surface area contributed by atoms with Crippen molar-refractivity contribution < 1.29 is 4.79 Å². The van der Waals surface area contributed by atoms with Gasteiger partial charge >= 0.3 is 0 Å². The van der Waals surface area contributed by atoms with Gasteiger partial charge < -0.3 is 5.32 Å². The molecule has 23 heavy (non-hydrogen) atoms. The monoisotopic (exact) mass is 347 g/mol. The molecular formula is C15H17N5OS2. The number of amides is 1. The van der Waals surface area contributed by atoms with Gasteiger partial charge in [-0.2, -0.15) is 4.98 Å². The lowest BCUT2D eigenvalue weighted by atomic mass is 10.4. The van der Waals surface area contributed by atoms with Crippen LogP contribution in [0, 0.1) is 13.8 Å². The summed E-state index contributed by atoms with van der Waals surface area (Å²) in [5.41, 5.74) is 1.88. The van der Waals surface area contributed by atoms with Crippen LogP contribution in [0.4, 0.5) is 0 Å². The summed E-state index contributed by atoms with van der Waals surface area (Å²) in [5, 5.41) is 9.63. The smallest absolute Gasteiger partial charge is 0.253 e. The highest BCUT2D eigenvalue weighted by Gasteiger charge is 2.18. The summed E-state index contributed by atoms with van der Waals surface area (Å²) in [6.45, 7) is 6.29. The molecule has 3 aromatic heterocycles. The van der Waals surface area contributed by atoms with E-state index in [0.29, 0.717) is 17.5 Å². The lowest BCUT2D eigenvalue weighted by Crippen LogP contribution is -2.30. The van der Waals surface area contributed by atoms with Crippen molar-refractivity contribution in [2.45, 2.75) is 37.7 Å². The summed E-state index contributed by atoms with van der Waals surface area (Å²) in [7, 11) is 0. The number of fused-ring (bicyclic) bond motifs is 1. The first kappa shape index (κ1) is 15.9. The Balaban J connectivity index is 1.66. The summed E-state index contributed by atoms with van der Waals surface area (Å²) in [4.78, 5) is 22.1. The predicted molar refractivity (Wildman–Crippen MR) is 91.7 cm³/mol. The van der Waals surface area contributed by atoms with Crippen molar-refractivity contribution in [1.82, 2.24) is 24.9 Å². The average Bonchev–Trinajstić information content (AvgIpc) is 3.13. The molecule has 0 spiro atoms. The second-order valence-electron chi connectivity index (χ2n) is 5.20. The van der Waals surface area contributed by atoms with Crippen LogP contribution in [0.15, 0.2) is 28.7 Å². The van der Waals surface area contributed by atoms with Crippen LogP contribution >= 0.6 is 23.1 Å². The minimum Gasteiger partial charge on any atom is -0.350 e. The van der Waals surface area contributed by atoms with Gasteiger partial charge in [-0.1, -0.05) is 17.8 Å². The first-order chi connectivity index (χ1) is 11.0. The van der Waals surface area contributed by atoms with Gasteiger partial charge in [-0.05, 0) is 38.3 Å². The zero-order valence-electron chi connectivity index (χ0n) is 13.1. The summed E-state index contributed by atoms with van der Waals surface area (Å²) >= 11 is 2.97. The lowest BCUT2D eigenvalue weighted by molar-refractivity contribution is -0.120. The van der Waals surface area contributed by atoms with Crippen molar-refractivity contribution in [1.29, 1.82) is 0 Å². The number of carbonyl (C=O) groups excluding carboxylic acids is 1. The van der Waals surface area contributed by atoms with E-state index >= 15 is 0 Å². The van der Waals surface area contributed by atoms with Crippen LogP contribution in [-0.4, -0.2) is 30.7 Å². The van der Waals surface area contributed by atoms with Crippen LogP contribution in [0.5, 0.6) is 0 Å². The molecule has 1 amide bonds. The standard InChI is InChI=1S/C15H17N5OS2/c1-9-7-10(2)20-14(17-9)18-15(19-20)23-11(3)13(21)16-8-12-5-4-6-22-12/h4-7,11H,8H2,1-3H3,(H,16,21)/t11-/m0/s1. The van der Waals surface area contributed by atoms with Crippen molar-refractivity contribution in [3.05, 3.63) is 39.8 Å². The van der Waals surface area contributed by atoms with Crippen LogP contribution in [0.25, 0.3) is 5.78 Å². The van der Waals surface area contributed by atoms with E-state index in [0.717, 1.165) is 16.3 Å². The number of thioether (sulfide) groups is 1. The molecule has 0 aromatic carbocycles. The highest BCUT2D eigenvalue weighted by Crippen LogP contribution is 2.21. The average molecular weight is 347 g/mol. The van der Waals surface area contributed by atoms with Crippen LogP contribution in [0.3, 0.4) is 0 Å². The topological polar surface area (TPSA) is 72.2 Å². The number of aromatic nitrogens is 4. The molecule has 0 saturated carbocycles. The van der Waals surface area contributed by atoms with Gasteiger partial charge in [0.2, 0.25) is 11.1 Å². The quantitative estimate of drug-likeness (QED) is 0.718. The van der Waals surface area contributed by atoms with E-state index in [9.17, 15) is 4.79 Å². The first-order valence-electron chi connectivity index (χ1n) is 7.20. The molecule has 0 unspecified atom stereocenters. The van der Waals surface area contributed by atoms with E-state index < -0.39 is 0 Å². The fourth-order valence-corrected chi connectivity index (χ4v) is 3.55. The zero-order chi connectivity index (χ0) is 16.4. The lowest BCUT2D eigenvalue weighted by Gasteiger charge is -2.09. The Morgan fingerprint density at radius 3 is 3.00 bits per heavy atom.